The largest absolute Gasteiger partial charge is 0.334 e. The number of nitrogens with one attached hydrogen (secondary N) is 1. The quantitative estimate of drug-likeness (QED) is 0.845. The minimum Gasteiger partial charge on any atom is -0.334 e. The Morgan fingerprint density at radius 1 is 1.35 bits per heavy atom. The fourth-order valence-corrected chi connectivity index (χ4v) is 1.93. The van der Waals surface area contributed by atoms with E-state index in [1.807, 2.05) is 31.0 Å². The minimum atomic E-state index is 0.787. The summed E-state index contributed by atoms with van der Waals surface area (Å²) in [7, 11) is 1.94. The van der Waals surface area contributed by atoms with Crippen molar-refractivity contribution in [3.05, 3.63) is 35.7 Å². The van der Waals surface area contributed by atoms with Crippen LogP contribution in [0.2, 0.25) is 0 Å². The Hall–Kier alpha value is -1.62. The summed E-state index contributed by atoms with van der Waals surface area (Å²) in [5.41, 5.74) is 2.32. The van der Waals surface area contributed by atoms with Crippen molar-refractivity contribution in [1.82, 2.24) is 24.6 Å². The third kappa shape index (κ3) is 2.74. The fraction of sp³-hybridized carbons (Fsp3) is 0.500. The summed E-state index contributed by atoms with van der Waals surface area (Å²) in [5.74, 6) is 1.08. The van der Waals surface area contributed by atoms with Crippen LogP contribution < -0.4 is 5.32 Å². The maximum Gasteiger partial charge on any atom is 0.122 e. The van der Waals surface area contributed by atoms with Gasteiger partial charge in [-0.3, -0.25) is 4.68 Å². The zero-order valence-corrected chi connectivity index (χ0v) is 10.6. The predicted octanol–water partition coefficient (Wildman–Crippen LogP) is 1.23. The van der Waals surface area contributed by atoms with Gasteiger partial charge in [0.05, 0.1) is 12.2 Å². The Bertz CT molecular complexity index is 483. The number of aromatic nitrogens is 4. The van der Waals surface area contributed by atoms with Crippen LogP contribution in [0, 0.1) is 6.92 Å². The van der Waals surface area contributed by atoms with Gasteiger partial charge in [0.15, 0.2) is 0 Å². The van der Waals surface area contributed by atoms with Crippen molar-refractivity contribution in [1.29, 1.82) is 0 Å². The molecule has 0 saturated heterocycles. The van der Waals surface area contributed by atoms with Crippen molar-refractivity contribution in [3.63, 3.8) is 0 Å². The molecule has 0 aromatic carbocycles. The lowest BCUT2D eigenvalue weighted by atomic mass is 10.2. The highest BCUT2D eigenvalue weighted by molar-refractivity contribution is 5.14. The summed E-state index contributed by atoms with van der Waals surface area (Å²) in [6.45, 7) is 6.73. The predicted molar refractivity (Wildman–Crippen MR) is 66.4 cm³/mol. The van der Waals surface area contributed by atoms with Crippen LogP contribution in [0.15, 0.2) is 18.6 Å². The van der Waals surface area contributed by atoms with E-state index in [2.05, 4.69) is 33.1 Å². The van der Waals surface area contributed by atoms with E-state index >= 15 is 0 Å². The molecule has 0 aliphatic heterocycles. The molecule has 0 aliphatic rings. The van der Waals surface area contributed by atoms with E-state index in [-0.39, 0.29) is 0 Å². The number of rotatable bonds is 5. The molecule has 0 amide bonds. The molecule has 0 atom stereocenters. The second-order valence-corrected chi connectivity index (χ2v) is 4.15. The average molecular weight is 233 g/mol. The maximum absolute atomic E-state index is 4.33. The molecule has 0 spiro atoms. The summed E-state index contributed by atoms with van der Waals surface area (Å²) in [6, 6.07) is 0. The maximum atomic E-state index is 4.33. The molecule has 5 heteroatoms. The van der Waals surface area contributed by atoms with E-state index in [1.165, 1.54) is 5.56 Å². The molecule has 2 aromatic rings. The van der Waals surface area contributed by atoms with Gasteiger partial charge in [-0.05, 0) is 13.8 Å². The van der Waals surface area contributed by atoms with Crippen molar-refractivity contribution in [3.8, 4) is 0 Å². The van der Waals surface area contributed by atoms with Crippen LogP contribution in [-0.2, 0) is 26.7 Å². The number of aryl methyl sites for hydroxylation is 3. The molecule has 2 aromatic heterocycles. The second kappa shape index (κ2) is 5.14. The molecule has 0 radical (unpaired) electrons. The van der Waals surface area contributed by atoms with E-state index in [0.717, 1.165) is 31.2 Å². The number of nitrogens with zero attached hydrogens (tertiary/aromatic N) is 4. The van der Waals surface area contributed by atoms with Gasteiger partial charge in [-0.15, -0.1) is 0 Å². The van der Waals surface area contributed by atoms with Crippen molar-refractivity contribution in [2.24, 2.45) is 7.05 Å². The number of imidazole rings is 1. The molecule has 2 rings (SSSR count). The highest BCUT2D eigenvalue weighted by atomic mass is 15.3. The Morgan fingerprint density at radius 3 is 2.82 bits per heavy atom. The zero-order valence-electron chi connectivity index (χ0n) is 10.6. The standard InChI is InChI=1S/C12H19N5/c1-4-17-6-5-14-12(17)8-13-7-11-9-16(3)15-10(11)2/h5-6,9,13H,4,7-8H2,1-3H3. The van der Waals surface area contributed by atoms with Crippen LogP contribution in [0.25, 0.3) is 0 Å². The molecule has 17 heavy (non-hydrogen) atoms. The van der Waals surface area contributed by atoms with Gasteiger partial charge in [0, 0.05) is 44.3 Å². The summed E-state index contributed by atoms with van der Waals surface area (Å²) < 4.78 is 3.99. The van der Waals surface area contributed by atoms with Crippen LogP contribution in [0.1, 0.15) is 24.0 Å². The van der Waals surface area contributed by atoms with Crippen molar-refractivity contribution in [2.45, 2.75) is 33.5 Å². The molecule has 0 aliphatic carbocycles. The Balaban J connectivity index is 1.89. The van der Waals surface area contributed by atoms with Gasteiger partial charge in [0.25, 0.3) is 0 Å². The normalized spacial score (nSPS) is 11.0. The highest BCUT2D eigenvalue weighted by Crippen LogP contribution is 2.04. The number of hydrogen-bond acceptors (Lipinski definition) is 3. The zero-order chi connectivity index (χ0) is 12.3. The first kappa shape index (κ1) is 11.9. The third-order valence-electron chi connectivity index (χ3n) is 2.86. The molecule has 2 heterocycles. The molecular weight excluding hydrogens is 214 g/mol. The molecule has 0 bridgehead atoms. The van der Waals surface area contributed by atoms with Gasteiger partial charge in [-0.1, -0.05) is 0 Å². The SMILES string of the molecule is CCn1ccnc1CNCc1cn(C)nc1C. The molecule has 5 nitrogen and oxygen atoms in total. The monoisotopic (exact) mass is 233 g/mol. The molecule has 0 saturated carbocycles. The number of hydrogen-bond donors (Lipinski definition) is 1. The van der Waals surface area contributed by atoms with Crippen LogP contribution >= 0.6 is 0 Å². The molecule has 1 N–H and O–H groups in total. The highest BCUT2D eigenvalue weighted by Gasteiger charge is 2.04. The van der Waals surface area contributed by atoms with Crippen LogP contribution in [-0.4, -0.2) is 19.3 Å². The summed E-state index contributed by atoms with van der Waals surface area (Å²) in [4.78, 5) is 4.33. The Morgan fingerprint density at radius 2 is 2.18 bits per heavy atom. The van der Waals surface area contributed by atoms with Gasteiger partial charge < -0.3 is 9.88 Å². The van der Waals surface area contributed by atoms with Crippen LogP contribution in [0.5, 0.6) is 0 Å². The lowest BCUT2D eigenvalue weighted by molar-refractivity contribution is 0.612. The van der Waals surface area contributed by atoms with E-state index in [1.54, 1.807) is 0 Å². The second-order valence-electron chi connectivity index (χ2n) is 4.15. The first-order valence-corrected chi connectivity index (χ1v) is 5.90. The lowest BCUT2D eigenvalue weighted by Crippen LogP contribution is -2.16. The fourth-order valence-electron chi connectivity index (χ4n) is 1.93. The van der Waals surface area contributed by atoms with Gasteiger partial charge >= 0.3 is 0 Å². The van der Waals surface area contributed by atoms with E-state index < -0.39 is 0 Å². The van der Waals surface area contributed by atoms with Crippen molar-refractivity contribution in [2.75, 3.05) is 0 Å². The molecular formula is C12H19N5. The van der Waals surface area contributed by atoms with Crippen molar-refractivity contribution < 1.29 is 0 Å². The molecule has 0 fully saturated rings. The van der Waals surface area contributed by atoms with E-state index in [0.29, 0.717) is 0 Å². The third-order valence-corrected chi connectivity index (χ3v) is 2.86. The van der Waals surface area contributed by atoms with Crippen molar-refractivity contribution >= 4 is 0 Å². The van der Waals surface area contributed by atoms with Gasteiger partial charge in [0.2, 0.25) is 0 Å². The van der Waals surface area contributed by atoms with E-state index in [9.17, 15) is 0 Å². The Kier molecular flexibility index (Phi) is 3.58. The van der Waals surface area contributed by atoms with Gasteiger partial charge in [0.1, 0.15) is 5.82 Å². The smallest absolute Gasteiger partial charge is 0.122 e. The van der Waals surface area contributed by atoms with Crippen LogP contribution in [0.3, 0.4) is 0 Å². The molecule has 92 valence electrons. The Labute approximate surface area is 101 Å². The molecule has 0 unspecified atom stereocenters. The summed E-state index contributed by atoms with van der Waals surface area (Å²) in [5, 5.41) is 7.71. The summed E-state index contributed by atoms with van der Waals surface area (Å²) >= 11 is 0. The van der Waals surface area contributed by atoms with Gasteiger partial charge in [-0.25, -0.2) is 4.98 Å². The topological polar surface area (TPSA) is 47.7 Å². The van der Waals surface area contributed by atoms with Crippen LogP contribution in [0.4, 0.5) is 0 Å². The average Bonchev–Trinajstić information content (AvgIpc) is 2.86. The first-order chi connectivity index (χ1) is 8.20. The minimum absolute atomic E-state index is 0.787. The summed E-state index contributed by atoms with van der Waals surface area (Å²) in [6.07, 6.45) is 5.90. The lowest BCUT2D eigenvalue weighted by Gasteiger charge is -2.06. The first-order valence-electron chi connectivity index (χ1n) is 5.90. The van der Waals surface area contributed by atoms with E-state index in [4.69, 9.17) is 0 Å². The van der Waals surface area contributed by atoms with Gasteiger partial charge in [-0.2, -0.15) is 5.10 Å².